The van der Waals surface area contributed by atoms with Gasteiger partial charge >= 0.3 is 0 Å². The monoisotopic (exact) mass is 372 g/mol. The second-order valence-electron chi connectivity index (χ2n) is 7.17. The van der Waals surface area contributed by atoms with Crippen molar-refractivity contribution in [3.05, 3.63) is 42.0 Å². The van der Waals surface area contributed by atoms with E-state index in [0.717, 1.165) is 24.2 Å². The molecule has 2 aromatic rings. The van der Waals surface area contributed by atoms with Gasteiger partial charge in [0.15, 0.2) is 5.82 Å². The van der Waals surface area contributed by atoms with Gasteiger partial charge in [-0.25, -0.2) is 4.98 Å². The molecule has 1 heterocycles. The molecule has 27 heavy (non-hydrogen) atoms. The third-order valence-corrected chi connectivity index (χ3v) is 4.96. The zero-order valence-corrected chi connectivity index (χ0v) is 16.8. The average molecular weight is 373 g/mol. The van der Waals surface area contributed by atoms with Crippen LogP contribution in [0.4, 0.5) is 4.39 Å². The molecular formula is C23H33FN2O. The Morgan fingerprint density at radius 2 is 1.44 bits per heavy atom. The number of unbranched alkanes of at least 4 members (excludes halogenated alkanes) is 9. The smallest absolute Gasteiger partial charge is 0.219 e. The van der Waals surface area contributed by atoms with E-state index in [0.29, 0.717) is 17.8 Å². The second kappa shape index (κ2) is 12.4. The van der Waals surface area contributed by atoms with Gasteiger partial charge in [0, 0.05) is 17.3 Å². The summed E-state index contributed by atoms with van der Waals surface area (Å²) in [5.41, 5.74) is 1.41. The standard InChI is InChI=1S/C23H33FN2O/c1-3-4-5-6-7-8-9-10-11-12-13-20-18-25-23(26-22(20)24)19-14-16-21(27-2)17-15-19/h14-18H,3-13H2,1-2H3. The summed E-state index contributed by atoms with van der Waals surface area (Å²) in [6, 6.07) is 7.34. The van der Waals surface area contributed by atoms with Gasteiger partial charge in [0.05, 0.1) is 7.11 Å². The molecule has 4 heteroatoms. The molecule has 0 fully saturated rings. The molecule has 1 aromatic heterocycles. The van der Waals surface area contributed by atoms with Crippen molar-refractivity contribution >= 4 is 0 Å². The number of ether oxygens (including phenoxy) is 1. The molecule has 0 bridgehead atoms. The lowest BCUT2D eigenvalue weighted by Gasteiger charge is -2.06. The van der Waals surface area contributed by atoms with Crippen LogP contribution in [0.1, 0.15) is 76.7 Å². The van der Waals surface area contributed by atoms with E-state index in [-0.39, 0.29) is 0 Å². The zero-order valence-electron chi connectivity index (χ0n) is 16.8. The van der Waals surface area contributed by atoms with Crippen LogP contribution in [-0.4, -0.2) is 17.1 Å². The van der Waals surface area contributed by atoms with Crippen molar-refractivity contribution in [3.8, 4) is 17.1 Å². The van der Waals surface area contributed by atoms with Crippen LogP contribution in [0.2, 0.25) is 0 Å². The first-order valence-corrected chi connectivity index (χ1v) is 10.4. The van der Waals surface area contributed by atoms with Crippen LogP contribution in [0.3, 0.4) is 0 Å². The van der Waals surface area contributed by atoms with E-state index in [9.17, 15) is 4.39 Å². The van der Waals surface area contributed by atoms with Gasteiger partial charge in [0.25, 0.3) is 0 Å². The maximum absolute atomic E-state index is 14.3. The van der Waals surface area contributed by atoms with Crippen LogP contribution in [0.5, 0.6) is 5.75 Å². The summed E-state index contributed by atoms with van der Waals surface area (Å²) in [6.45, 7) is 2.25. The Morgan fingerprint density at radius 1 is 0.852 bits per heavy atom. The molecule has 0 aliphatic heterocycles. The van der Waals surface area contributed by atoms with Crippen molar-refractivity contribution in [2.45, 2.75) is 77.6 Å². The molecule has 3 nitrogen and oxygen atoms in total. The topological polar surface area (TPSA) is 35.0 Å². The highest BCUT2D eigenvalue weighted by Crippen LogP contribution is 2.20. The van der Waals surface area contributed by atoms with Crippen molar-refractivity contribution in [2.24, 2.45) is 0 Å². The molecule has 0 aliphatic rings. The predicted molar refractivity (Wildman–Crippen MR) is 110 cm³/mol. The number of aryl methyl sites for hydroxylation is 1. The largest absolute Gasteiger partial charge is 0.497 e. The van der Waals surface area contributed by atoms with Crippen LogP contribution < -0.4 is 4.74 Å². The quantitative estimate of drug-likeness (QED) is 0.288. The second-order valence-corrected chi connectivity index (χ2v) is 7.17. The number of nitrogens with zero attached hydrogens (tertiary/aromatic N) is 2. The van der Waals surface area contributed by atoms with Gasteiger partial charge in [-0.3, -0.25) is 0 Å². The minimum Gasteiger partial charge on any atom is -0.497 e. The lowest BCUT2D eigenvalue weighted by atomic mass is 10.0. The number of rotatable bonds is 13. The van der Waals surface area contributed by atoms with E-state index in [1.165, 1.54) is 51.4 Å². The highest BCUT2D eigenvalue weighted by molar-refractivity contribution is 5.56. The van der Waals surface area contributed by atoms with Gasteiger partial charge in [0.1, 0.15) is 5.75 Å². The molecule has 0 saturated carbocycles. The fourth-order valence-corrected chi connectivity index (χ4v) is 3.24. The summed E-state index contributed by atoms with van der Waals surface area (Å²) in [7, 11) is 1.62. The summed E-state index contributed by atoms with van der Waals surface area (Å²) in [4.78, 5) is 8.38. The van der Waals surface area contributed by atoms with Crippen LogP contribution in [-0.2, 0) is 6.42 Å². The Kier molecular flexibility index (Phi) is 9.81. The average Bonchev–Trinajstić information content (AvgIpc) is 2.70. The molecule has 148 valence electrons. The van der Waals surface area contributed by atoms with Crippen molar-refractivity contribution in [3.63, 3.8) is 0 Å². The van der Waals surface area contributed by atoms with Gasteiger partial charge < -0.3 is 4.74 Å². The molecule has 0 aliphatic carbocycles. The number of methoxy groups -OCH3 is 1. The highest BCUT2D eigenvalue weighted by atomic mass is 19.1. The number of benzene rings is 1. The molecule has 0 radical (unpaired) electrons. The van der Waals surface area contributed by atoms with E-state index in [1.807, 2.05) is 24.3 Å². The first kappa shape index (κ1) is 21.3. The van der Waals surface area contributed by atoms with Crippen LogP contribution in [0.15, 0.2) is 30.5 Å². The fraction of sp³-hybridized carbons (Fsp3) is 0.565. The van der Waals surface area contributed by atoms with Crippen molar-refractivity contribution in [1.82, 2.24) is 9.97 Å². The van der Waals surface area contributed by atoms with E-state index in [1.54, 1.807) is 13.3 Å². The van der Waals surface area contributed by atoms with E-state index in [4.69, 9.17) is 4.74 Å². The lowest BCUT2D eigenvalue weighted by Crippen LogP contribution is -1.99. The SMILES string of the molecule is CCCCCCCCCCCCc1cnc(-c2ccc(OC)cc2)nc1F. The highest BCUT2D eigenvalue weighted by Gasteiger charge is 2.08. The van der Waals surface area contributed by atoms with Gasteiger partial charge in [-0.15, -0.1) is 0 Å². The first-order chi connectivity index (χ1) is 13.2. The Bertz CT molecular complexity index is 658. The normalized spacial score (nSPS) is 10.9. The Morgan fingerprint density at radius 3 is 2.00 bits per heavy atom. The minimum absolute atomic E-state index is 0.397. The van der Waals surface area contributed by atoms with Gasteiger partial charge in [0.2, 0.25) is 5.95 Å². The summed E-state index contributed by atoms with van der Waals surface area (Å²) >= 11 is 0. The Labute approximate surface area is 163 Å². The summed E-state index contributed by atoms with van der Waals surface area (Å²) in [5, 5.41) is 0. The molecule has 0 atom stereocenters. The summed E-state index contributed by atoms with van der Waals surface area (Å²) in [6.07, 6.45) is 15.1. The predicted octanol–water partition coefficient (Wildman–Crippen LogP) is 6.75. The van der Waals surface area contributed by atoms with Crippen LogP contribution in [0.25, 0.3) is 11.4 Å². The van der Waals surface area contributed by atoms with Gasteiger partial charge in [-0.2, -0.15) is 9.37 Å². The zero-order chi connectivity index (χ0) is 19.3. The van der Waals surface area contributed by atoms with Gasteiger partial charge in [-0.05, 0) is 37.1 Å². The van der Waals surface area contributed by atoms with Crippen molar-refractivity contribution in [2.75, 3.05) is 7.11 Å². The lowest BCUT2D eigenvalue weighted by molar-refractivity contribution is 0.415. The molecule has 0 unspecified atom stereocenters. The number of hydrogen-bond donors (Lipinski definition) is 0. The van der Waals surface area contributed by atoms with Crippen LogP contribution in [0, 0.1) is 5.95 Å². The number of halogens is 1. The molecule has 2 rings (SSSR count). The molecule has 0 amide bonds. The maximum atomic E-state index is 14.3. The van der Waals surface area contributed by atoms with E-state index in [2.05, 4.69) is 16.9 Å². The molecule has 0 saturated heterocycles. The maximum Gasteiger partial charge on any atom is 0.219 e. The third-order valence-electron chi connectivity index (χ3n) is 4.96. The Balaban J connectivity index is 1.68. The van der Waals surface area contributed by atoms with Crippen molar-refractivity contribution in [1.29, 1.82) is 0 Å². The third kappa shape index (κ3) is 7.66. The molecular weight excluding hydrogens is 339 g/mol. The van der Waals surface area contributed by atoms with E-state index >= 15 is 0 Å². The fourth-order valence-electron chi connectivity index (χ4n) is 3.24. The number of aromatic nitrogens is 2. The molecule has 0 N–H and O–H groups in total. The van der Waals surface area contributed by atoms with Crippen LogP contribution >= 0.6 is 0 Å². The minimum atomic E-state index is -0.397. The van der Waals surface area contributed by atoms with Crippen molar-refractivity contribution < 1.29 is 9.13 Å². The summed E-state index contributed by atoms with van der Waals surface area (Å²) in [5.74, 6) is 0.783. The molecule has 1 aromatic carbocycles. The van der Waals surface area contributed by atoms with E-state index < -0.39 is 5.95 Å². The summed E-state index contributed by atoms with van der Waals surface area (Å²) < 4.78 is 19.4. The van der Waals surface area contributed by atoms with Gasteiger partial charge in [-0.1, -0.05) is 64.7 Å². The molecule has 0 spiro atoms. The first-order valence-electron chi connectivity index (χ1n) is 10.4. The number of hydrogen-bond acceptors (Lipinski definition) is 3. The Hall–Kier alpha value is -1.97.